The lowest BCUT2D eigenvalue weighted by Crippen LogP contribution is -1.96. The highest BCUT2D eigenvalue weighted by molar-refractivity contribution is 5.86. The number of benzene rings is 2. The zero-order valence-corrected chi connectivity index (χ0v) is 13.6. The molecule has 0 aliphatic carbocycles. The van der Waals surface area contributed by atoms with E-state index in [2.05, 4.69) is 37.0 Å². The van der Waals surface area contributed by atoms with Crippen LogP contribution in [0.3, 0.4) is 0 Å². The molecule has 0 saturated carbocycles. The van der Waals surface area contributed by atoms with Gasteiger partial charge in [-0.1, -0.05) is 18.2 Å². The van der Waals surface area contributed by atoms with E-state index in [1.54, 1.807) is 0 Å². The zero-order chi connectivity index (χ0) is 15.9. The van der Waals surface area contributed by atoms with Crippen LogP contribution in [0, 0.1) is 27.7 Å². The summed E-state index contributed by atoms with van der Waals surface area (Å²) in [6.07, 6.45) is 2.66. The van der Waals surface area contributed by atoms with Gasteiger partial charge >= 0.3 is 0 Å². The minimum absolute atomic E-state index is 0.390. The molecule has 0 aliphatic rings. The molecule has 2 heteroatoms. The van der Waals surface area contributed by atoms with Gasteiger partial charge in [0.1, 0.15) is 5.75 Å². The maximum atomic E-state index is 9.92. The predicted octanol–water partition coefficient (Wildman–Crippen LogP) is 4.76. The number of aryl methyl sites for hydroxylation is 4. The number of phenols is 1. The summed E-state index contributed by atoms with van der Waals surface area (Å²) in [6.45, 7) is 8.16. The minimum Gasteiger partial charge on any atom is -0.507 e. The van der Waals surface area contributed by atoms with Gasteiger partial charge in [0.05, 0.1) is 5.69 Å². The summed E-state index contributed by atoms with van der Waals surface area (Å²) < 4.78 is 0. The fraction of sp³-hybridized carbons (Fsp3) is 0.250. The molecular formula is C20H21NO. The van der Waals surface area contributed by atoms with Gasteiger partial charge in [-0.05, 0) is 73.0 Å². The standard InChI is InChI=1S/C20H21NO/c1-12-9-17-5-6-21-19(18(17)10-13(12)2)11-16-7-14(3)20(22)15(4)8-16/h5-10,22H,11H2,1-4H3. The molecular weight excluding hydrogens is 270 g/mol. The molecule has 0 unspecified atom stereocenters. The highest BCUT2D eigenvalue weighted by Gasteiger charge is 2.08. The predicted molar refractivity (Wildman–Crippen MR) is 91.6 cm³/mol. The van der Waals surface area contributed by atoms with Gasteiger partial charge in [-0.2, -0.15) is 0 Å². The summed E-state index contributed by atoms with van der Waals surface area (Å²) >= 11 is 0. The fourth-order valence-corrected chi connectivity index (χ4v) is 2.99. The minimum atomic E-state index is 0.390. The number of fused-ring (bicyclic) bond motifs is 1. The molecule has 22 heavy (non-hydrogen) atoms. The summed E-state index contributed by atoms with van der Waals surface area (Å²) in [5, 5.41) is 12.4. The number of phenolic OH excluding ortho intramolecular Hbond substituents is 1. The Kier molecular flexibility index (Phi) is 3.61. The second-order valence-electron chi connectivity index (χ2n) is 6.17. The molecule has 3 aromatic rings. The molecule has 0 bridgehead atoms. The van der Waals surface area contributed by atoms with Crippen molar-refractivity contribution in [1.82, 2.24) is 4.98 Å². The number of pyridine rings is 1. The molecule has 1 aromatic heterocycles. The first-order valence-electron chi connectivity index (χ1n) is 7.59. The highest BCUT2D eigenvalue weighted by Crippen LogP contribution is 2.27. The molecule has 2 aromatic carbocycles. The van der Waals surface area contributed by atoms with Crippen LogP contribution in [-0.4, -0.2) is 10.1 Å². The molecule has 112 valence electrons. The summed E-state index contributed by atoms with van der Waals surface area (Å²) in [5.41, 5.74) is 6.71. The Bertz CT molecular complexity index is 842. The summed E-state index contributed by atoms with van der Waals surface area (Å²) in [4.78, 5) is 4.59. The number of rotatable bonds is 2. The van der Waals surface area contributed by atoms with Gasteiger partial charge in [0.25, 0.3) is 0 Å². The van der Waals surface area contributed by atoms with E-state index >= 15 is 0 Å². The SMILES string of the molecule is Cc1cc2ccnc(Cc3cc(C)c(O)c(C)c3)c2cc1C. The second kappa shape index (κ2) is 5.45. The number of hydrogen-bond donors (Lipinski definition) is 1. The van der Waals surface area contributed by atoms with Gasteiger partial charge < -0.3 is 5.11 Å². The van der Waals surface area contributed by atoms with Crippen molar-refractivity contribution < 1.29 is 5.11 Å². The highest BCUT2D eigenvalue weighted by atomic mass is 16.3. The Morgan fingerprint density at radius 1 is 0.864 bits per heavy atom. The third kappa shape index (κ3) is 2.57. The van der Waals surface area contributed by atoms with E-state index in [9.17, 15) is 5.11 Å². The molecule has 1 heterocycles. The van der Waals surface area contributed by atoms with Crippen LogP contribution in [0.2, 0.25) is 0 Å². The van der Waals surface area contributed by atoms with Crippen LogP contribution >= 0.6 is 0 Å². The van der Waals surface area contributed by atoms with Crippen molar-refractivity contribution in [3.05, 3.63) is 70.0 Å². The van der Waals surface area contributed by atoms with E-state index in [-0.39, 0.29) is 0 Å². The van der Waals surface area contributed by atoms with Crippen LogP contribution in [0.4, 0.5) is 0 Å². The van der Waals surface area contributed by atoms with Crippen molar-refractivity contribution in [3.8, 4) is 5.75 Å². The summed E-state index contributed by atoms with van der Waals surface area (Å²) in [6, 6.07) is 10.6. The largest absolute Gasteiger partial charge is 0.507 e. The lowest BCUT2D eigenvalue weighted by atomic mass is 9.97. The summed E-state index contributed by atoms with van der Waals surface area (Å²) in [7, 11) is 0. The smallest absolute Gasteiger partial charge is 0.121 e. The first kappa shape index (κ1) is 14.6. The van der Waals surface area contributed by atoms with E-state index in [0.717, 1.165) is 23.2 Å². The lowest BCUT2D eigenvalue weighted by Gasteiger charge is -2.11. The van der Waals surface area contributed by atoms with E-state index in [1.165, 1.54) is 27.5 Å². The van der Waals surface area contributed by atoms with E-state index in [4.69, 9.17) is 0 Å². The van der Waals surface area contributed by atoms with E-state index in [1.807, 2.05) is 32.2 Å². The van der Waals surface area contributed by atoms with Gasteiger partial charge in [0, 0.05) is 18.0 Å². The normalized spacial score (nSPS) is 11.1. The average Bonchev–Trinajstić information content (AvgIpc) is 2.47. The van der Waals surface area contributed by atoms with Crippen LogP contribution < -0.4 is 0 Å². The van der Waals surface area contributed by atoms with Crippen LogP contribution in [0.25, 0.3) is 10.8 Å². The molecule has 0 radical (unpaired) electrons. The van der Waals surface area contributed by atoms with Crippen molar-refractivity contribution in [2.75, 3.05) is 0 Å². The monoisotopic (exact) mass is 291 g/mol. The van der Waals surface area contributed by atoms with E-state index in [0.29, 0.717) is 5.75 Å². The first-order chi connectivity index (χ1) is 10.5. The first-order valence-corrected chi connectivity index (χ1v) is 7.59. The zero-order valence-electron chi connectivity index (χ0n) is 13.6. The molecule has 3 rings (SSSR count). The maximum absolute atomic E-state index is 9.92. The van der Waals surface area contributed by atoms with Gasteiger partial charge in [-0.25, -0.2) is 0 Å². The Morgan fingerprint density at radius 2 is 1.50 bits per heavy atom. The molecule has 0 fully saturated rings. The van der Waals surface area contributed by atoms with Gasteiger partial charge in [-0.3, -0.25) is 4.98 Å². The third-order valence-electron chi connectivity index (χ3n) is 4.38. The van der Waals surface area contributed by atoms with Crippen molar-refractivity contribution >= 4 is 10.8 Å². The topological polar surface area (TPSA) is 33.1 Å². The number of nitrogens with zero attached hydrogens (tertiary/aromatic N) is 1. The second-order valence-corrected chi connectivity index (χ2v) is 6.17. The maximum Gasteiger partial charge on any atom is 0.121 e. The van der Waals surface area contributed by atoms with Crippen molar-refractivity contribution in [2.45, 2.75) is 34.1 Å². The Labute approximate surface area is 131 Å². The quantitative estimate of drug-likeness (QED) is 0.738. The molecule has 0 aliphatic heterocycles. The summed E-state index contributed by atoms with van der Waals surface area (Å²) in [5.74, 6) is 0.390. The lowest BCUT2D eigenvalue weighted by molar-refractivity contribution is 0.466. The fourth-order valence-electron chi connectivity index (χ4n) is 2.99. The molecule has 0 saturated heterocycles. The van der Waals surface area contributed by atoms with Gasteiger partial charge in [0.15, 0.2) is 0 Å². The van der Waals surface area contributed by atoms with Crippen LogP contribution in [0.5, 0.6) is 5.75 Å². The van der Waals surface area contributed by atoms with Crippen LogP contribution in [-0.2, 0) is 6.42 Å². The number of aromatic hydroxyl groups is 1. The van der Waals surface area contributed by atoms with Gasteiger partial charge in [0.2, 0.25) is 0 Å². The van der Waals surface area contributed by atoms with Crippen molar-refractivity contribution in [1.29, 1.82) is 0 Å². The molecule has 0 spiro atoms. The van der Waals surface area contributed by atoms with Crippen molar-refractivity contribution in [3.63, 3.8) is 0 Å². The molecule has 0 amide bonds. The number of aromatic nitrogens is 1. The molecule has 1 N–H and O–H groups in total. The Hall–Kier alpha value is -2.35. The third-order valence-corrected chi connectivity index (χ3v) is 4.38. The molecule has 0 atom stereocenters. The van der Waals surface area contributed by atoms with E-state index < -0.39 is 0 Å². The average molecular weight is 291 g/mol. The Morgan fingerprint density at radius 3 is 2.18 bits per heavy atom. The van der Waals surface area contributed by atoms with Crippen LogP contribution in [0.1, 0.15) is 33.5 Å². The molecule has 2 nitrogen and oxygen atoms in total. The van der Waals surface area contributed by atoms with Crippen molar-refractivity contribution in [2.24, 2.45) is 0 Å². The number of hydrogen-bond acceptors (Lipinski definition) is 2. The Balaban J connectivity index is 2.09. The van der Waals surface area contributed by atoms with Gasteiger partial charge in [-0.15, -0.1) is 0 Å². The van der Waals surface area contributed by atoms with Crippen LogP contribution in [0.15, 0.2) is 36.5 Å².